The van der Waals surface area contributed by atoms with Gasteiger partial charge in [-0.15, -0.1) is 0 Å². The first kappa shape index (κ1) is 13.9. The highest BCUT2D eigenvalue weighted by molar-refractivity contribution is 9.10. The summed E-state index contributed by atoms with van der Waals surface area (Å²) < 4.78 is 13.9. The van der Waals surface area contributed by atoms with Gasteiger partial charge in [0.2, 0.25) is 5.91 Å². The number of carbonyl (C=O) groups excluding carboxylic acids is 1. The largest absolute Gasteiger partial charge is 0.325 e. The summed E-state index contributed by atoms with van der Waals surface area (Å²) in [5.74, 6) is -0.281. The van der Waals surface area contributed by atoms with Crippen molar-refractivity contribution in [3.8, 4) is 0 Å². The lowest BCUT2D eigenvalue weighted by Crippen LogP contribution is -2.39. The van der Waals surface area contributed by atoms with E-state index < -0.39 is 5.41 Å². The first-order valence-electron chi connectivity index (χ1n) is 7.22. The van der Waals surface area contributed by atoms with Crippen molar-refractivity contribution >= 4 is 27.5 Å². The van der Waals surface area contributed by atoms with Crippen molar-refractivity contribution < 1.29 is 9.18 Å². The van der Waals surface area contributed by atoms with Crippen LogP contribution in [0.15, 0.2) is 46.9 Å². The van der Waals surface area contributed by atoms with Gasteiger partial charge < -0.3 is 10.6 Å². The fourth-order valence-electron chi connectivity index (χ4n) is 3.70. The van der Waals surface area contributed by atoms with Gasteiger partial charge in [0.1, 0.15) is 5.82 Å². The van der Waals surface area contributed by atoms with Crippen LogP contribution in [0.4, 0.5) is 10.1 Å². The molecule has 1 amide bonds. The predicted molar refractivity (Wildman–Crippen MR) is 86.2 cm³/mol. The Balaban J connectivity index is 1.87. The van der Waals surface area contributed by atoms with Crippen LogP contribution >= 0.6 is 15.9 Å². The van der Waals surface area contributed by atoms with Crippen molar-refractivity contribution in [2.45, 2.75) is 17.9 Å². The molecule has 1 spiro atoms. The van der Waals surface area contributed by atoms with E-state index in [-0.39, 0.29) is 17.8 Å². The minimum atomic E-state index is -0.617. The lowest BCUT2D eigenvalue weighted by molar-refractivity contribution is -0.121. The van der Waals surface area contributed by atoms with Crippen molar-refractivity contribution in [3.05, 3.63) is 63.9 Å². The highest BCUT2D eigenvalue weighted by atomic mass is 79.9. The molecule has 112 valence electrons. The molecule has 0 radical (unpaired) electrons. The van der Waals surface area contributed by atoms with Gasteiger partial charge >= 0.3 is 0 Å². The van der Waals surface area contributed by atoms with E-state index in [0.29, 0.717) is 4.47 Å². The number of hydrogen-bond acceptors (Lipinski definition) is 2. The molecule has 5 heteroatoms. The smallest absolute Gasteiger partial charge is 0.237 e. The van der Waals surface area contributed by atoms with Crippen molar-refractivity contribution in [1.29, 1.82) is 0 Å². The van der Waals surface area contributed by atoms with E-state index in [2.05, 4.69) is 26.6 Å². The van der Waals surface area contributed by atoms with Gasteiger partial charge in [-0.1, -0.05) is 24.3 Å². The van der Waals surface area contributed by atoms with Crippen LogP contribution in [-0.2, 0) is 10.2 Å². The number of para-hydroxylation sites is 1. The predicted octanol–water partition coefficient (Wildman–Crippen LogP) is 3.51. The fraction of sp³-hybridized carbons (Fsp3) is 0.235. The fourth-order valence-corrected chi connectivity index (χ4v) is 4.10. The first-order valence-corrected chi connectivity index (χ1v) is 8.01. The van der Waals surface area contributed by atoms with E-state index in [1.165, 1.54) is 6.07 Å². The Kier molecular flexibility index (Phi) is 3.09. The number of halogens is 2. The molecule has 2 atom stereocenters. The molecule has 22 heavy (non-hydrogen) atoms. The number of nitrogens with one attached hydrogen (secondary N) is 2. The molecule has 0 bridgehead atoms. The van der Waals surface area contributed by atoms with Crippen molar-refractivity contribution in [2.24, 2.45) is 0 Å². The molecule has 0 aromatic heterocycles. The Bertz CT molecular complexity index is 779. The number of anilines is 1. The van der Waals surface area contributed by atoms with Crippen molar-refractivity contribution in [1.82, 2.24) is 5.32 Å². The van der Waals surface area contributed by atoms with Crippen LogP contribution in [0, 0.1) is 5.82 Å². The van der Waals surface area contributed by atoms with Crippen LogP contribution in [0.5, 0.6) is 0 Å². The summed E-state index contributed by atoms with van der Waals surface area (Å²) in [5.41, 5.74) is 2.20. The lowest BCUT2D eigenvalue weighted by atomic mass is 9.73. The molecule has 4 rings (SSSR count). The summed E-state index contributed by atoms with van der Waals surface area (Å²) in [6.07, 6.45) is 0.732. The molecular weight excluding hydrogens is 347 g/mol. The zero-order valence-electron chi connectivity index (χ0n) is 11.7. The first-order chi connectivity index (χ1) is 10.6. The molecule has 2 aliphatic rings. The minimum Gasteiger partial charge on any atom is -0.325 e. The van der Waals surface area contributed by atoms with Gasteiger partial charge in [-0.05, 0) is 58.2 Å². The summed E-state index contributed by atoms with van der Waals surface area (Å²) in [4.78, 5) is 12.8. The normalized spacial score (nSPS) is 26.3. The van der Waals surface area contributed by atoms with Gasteiger partial charge in [-0.3, -0.25) is 4.79 Å². The molecule has 0 saturated carbocycles. The Hall–Kier alpha value is -1.72. The van der Waals surface area contributed by atoms with E-state index >= 15 is 0 Å². The molecule has 1 fully saturated rings. The second kappa shape index (κ2) is 4.89. The topological polar surface area (TPSA) is 41.1 Å². The standard InChI is InChI=1S/C17H14BrFN2O/c18-12-9-10(5-6-13(12)19)15-17(7-8-20-15)11-3-1-2-4-14(11)21-16(17)22/h1-6,9,15,20H,7-8H2,(H,21,22)/t15-,17+/m0/s1. The molecule has 0 aliphatic carbocycles. The van der Waals surface area contributed by atoms with Crippen LogP contribution in [0.25, 0.3) is 0 Å². The second-order valence-corrected chi connectivity index (χ2v) is 6.64. The average Bonchev–Trinajstić information content (AvgIpc) is 3.07. The summed E-state index contributed by atoms with van der Waals surface area (Å²) >= 11 is 3.23. The van der Waals surface area contributed by atoms with Gasteiger partial charge in [0, 0.05) is 5.69 Å². The van der Waals surface area contributed by atoms with Crippen LogP contribution in [-0.4, -0.2) is 12.5 Å². The lowest BCUT2D eigenvalue weighted by Gasteiger charge is -2.29. The summed E-state index contributed by atoms with van der Waals surface area (Å²) in [6, 6.07) is 12.6. The molecule has 2 aromatic rings. The maximum absolute atomic E-state index is 13.5. The minimum absolute atomic E-state index is 0.0177. The highest BCUT2D eigenvalue weighted by Gasteiger charge is 2.55. The van der Waals surface area contributed by atoms with E-state index in [9.17, 15) is 9.18 Å². The number of rotatable bonds is 1. The number of benzene rings is 2. The van der Waals surface area contributed by atoms with Crippen molar-refractivity contribution in [3.63, 3.8) is 0 Å². The van der Waals surface area contributed by atoms with Crippen molar-refractivity contribution in [2.75, 3.05) is 11.9 Å². The van der Waals surface area contributed by atoms with Crippen LogP contribution in [0.3, 0.4) is 0 Å². The Morgan fingerprint density at radius 3 is 2.86 bits per heavy atom. The number of fused-ring (bicyclic) bond motifs is 2. The molecule has 1 saturated heterocycles. The van der Waals surface area contributed by atoms with E-state index in [1.54, 1.807) is 12.1 Å². The maximum atomic E-state index is 13.5. The van der Waals surface area contributed by atoms with Crippen LogP contribution in [0.2, 0.25) is 0 Å². The summed E-state index contributed by atoms with van der Waals surface area (Å²) in [6.45, 7) is 0.751. The van der Waals surface area contributed by atoms with Gasteiger partial charge in [0.15, 0.2) is 0 Å². The van der Waals surface area contributed by atoms with Gasteiger partial charge in [-0.25, -0.2) is 4.39 Å². The Morgan fingerprint density at radius 1 is 1.23 bits per heavy atom. The molecular formula is C17H14BrFN2O. The zero-order valence-corrected chi connectivity index (χ0v) is 13.3. The second-order valence-electron chi connectivity index (χ2n) is 5.78. The number of hydrogen-bond donors (Lipinski definition) is 2. The SMILES string of the molecule is O=C1Nc2ccccc2[C@@]12CCN[C@H]2c1ccc(F)c(Br)c1. The molecule has 0 unspecified atom stereocenters. The quantitative estimate of drug-likeness (QED) is 0.816. The van der Waals surface area contributed by atoms with E-state index in [1.807, 2.05) is 24.3 Å². The molecule has 2 N–H and O–H groups in total. The van der Waals surface area contributed by atoms with E-state index in [0.717, 1.165) is 29.8 Å². The van der Waals surface area contributed by atoms with Gasteiger partial charge in [0.25, 0.3) is 0 Å². The maximum Gasteiger partial charge on any atom is 0.237 e. The van der Waals surface area contributed by atoms with Gasteiger partial charge in [0.05, 0.1) is 15.9 Å². The average molecular weight is 361 g/mol. The monoisotopic (exact) mass is 360 g/mol. The van der Waals surface area contributed by atoms with Gasteiger partial charge in [-0.2, -0.15) is 0 Å². The Morgan fingerprint density at radius 2 is 2.05 bits per heavy atom. The zero-order chi connectivity index (χ0) is 15.3. The molecule has 2 aromatic carbocycles. The third-order valence-electron chi connectivity index (χ3n) is 4.70. The van der Waals surface area contributed by atoms with E-state index in [4.69, 9.17) is 0 Å². The van der Waals surface area contributed by atoms with Crippen LogP contribution in [0.1, 0.15) is 23.6 Å². The van der Waals surface area contributed by atoms with Crippen LogP contribution < -0.4 is 10.6 Å². The highest BCUT2D eigenvalue weighted by Crippen LogP contribution is 2.51. The molecule has 2 aliphatic heterocycles. The molecule has 3 nitrogen and oxygen atoms in total. The third kappa shape index (κ3) is 1.79. The molecule has 2 heterocycles. The summed E-state index contributed by atoms with van der Waals surface area (Å²) in [5, 5.41) is 6.41. The third-order valence-corrected chi connectivity index (χ3v) is 5.31. The number of amides is 1. The summed E-state index contributed by atoms with van der Waals surface area (Å²) in [7, 11) is 0. The Labute approximate surface area is 136 Å². The number of carbonyl (C=O) groups is 1.